The van der Waals surface area contributed by atoms with Crippen molar-refractivity contribution in [2.75, 3.05) is 16.3 Å². The summed E-state index contributed by atoms with van der Waals surface area (Å²) in [6, 6.07) is 16.1. The number of nitrogens with zero attached hydrogens (tertiary/aromatic N) is 5. The van der Waals surface area contributed by atoms with Crippen LogP contribution in [0.5, 0.6) is 0 Å². The Kier molecular flexibility index (Phi) is 5.86. The Hall–Kier alpha value is -3.98. The maximum Gasteiger partial charge on any atom is 0.183 e. The minimum atomic E-state index is -0.277. The van der Waals surface area contributed by atoms with Crippen LogP contribution in [0.25, 0.3) is 28.0 Å². The first-order valence-corrected chi connectivity index (χ1v) is 11.5. The van der Waals surface area contributed by atoms with Crippen LogP contribution in [0.3, 0.4) is 0 Å². The number of fused-ring (bicyclic) bond motifs is 1. The first kappa shape index (κ1) is 20.9. The van der Waals surface area contributed by atoms with Crippen molar-refractivity contribution in [1.29, 1.82) is 0 Å². The van der Waals surface area contributed by atoms with Gasteiger partial charge in [0.05, 0.1) is 24.1 Å². The lowest BCUT2D eigenvalue weighted by Crippen LogP contribution is -2.08. The fourth-order valence-electron chi connectivity index (χ4n) is 3.55. The van der Waals surface area contributed by atoms with Gasteiger partial charge in [-0.05, 0) is 42.0 Å². The van der Waals surface area contributed by atoms with E-state index >= 15 is 0 Å². The zero-order valence-corrected chi connectivity index (χ0v) is 18.6. The third-order valence-corrected chi connectivity index (χ3v) is 5.49. The van der Waals surface area contributed by atoms with E-state index in [0.717, 1.165) is 33.6 Å². The maximum absolute atomic E-state index is 13.5. The highest BCUT2D eigenvalue weighted by molar-refractivity contribution is 7.99. The normalized spacial score (nSPS) is 11.0. The van der Waals surface area contributed by atoms with Gasteiger partial charge in [-0.15, -0.1) is 5.10 Å². The lowest BCUT2D eigenvalue weighted by molar-refractivity contribution is 0.628. The summed E-state index contributed by atoms with van der Waals surface area (Å²) in [6.07, 6.45) is 9.07. The Morgan fingerprint density at radius 2 is 1.91 bits per heavy atom. The van der Waals surface area contributed by atoms with Gasteiger partial charge in [0, 0.05) is 36.0 Å². The molecule has 9 heteroatoms. The van der Waals surface area contributed by atoms with Crippen LogP contribution in [-0.2, 0) is 6.54 Å². The fraction of sp³-hybridized carbons (Fsp3) is 0.0833. The van der Waals surface area contributed by atoms with Gasteiger partial charge in [0.2, 0.25) is 0 Å². The zero-order chi connectivity index (χ0) is 22.6. The molecular weight excluding hydrogens is 437 g/mol. The number of nitrogens with one attached hydrogen (secondary N) is 2. The number of halogens is 1. The Morgan fingerprint density at radius 3 is 2.70 bits per heavy atom. The van der Waals surface area contributed by atoms with Crippen molar-refractivity contribution in [3.63, 3.8) is 0 Å². The van der Waals surface area contributed by atoms with Crippen LogP contribution < -0.4 is 10.0 Å². The molecule has 7 nitrogen and oxygen atoms in total. The first-order chi connectivity index (χ1) is 16.2. The van der Waals surface area contributed by atoms with Crippen LogP contribution in [0.4, 0.5) is 15.9 Å². The highest BCUT2D eigenvalue weighted by Gasteiger charge is 2.16. The predicted molar refractivity (Wildman–Crippen MR) is 130 cm³/mol. The summed E-state index contributed by atoms with van der Waals surface area (Å²) in [5, 5.41) is 8.14. The number of pyridine rings is 2. The van der Waals surface area contributed by atoms with Crippen LogP contribution in [0, 0.1) is 5.82 Å². The molecule has 0 saturated carbocycles. The molecule has 0 bridgehead atoms. The molecule has 0 aliphatic heterocycles. The van der Waals surface area contributed by atoms with Crippen LogP contribution in [0.1, 0.15) is 5.69 Å². The molecule has 5 aromatic rings. The summed E-state index contributed by atoms with van der Waals surface area (Å²) in [4.78, 5) is 13.5. The molecule has 5 rings (SSSR count). The number of aromatic nitrogens is 5. The van der Waals surface area contributed by atoms with Gasteiger partial charge >= 0.3 is 0 Å². The molecule has 0 amide bonds. The van der Waals surface area contributed by atoms with E-state index in [-0.39, 0.29) is 5.82 Å². The number of hydrogen-bond acceptors (Lipinski definition) is 7. The van der Waals surface area contributed by atoms with Gasteiger partial charge in [0.15, 0.2) is 11.6 Å². The van der Waals surface area contributed by atoms with Crippen LogP contribution in [-0.4, -0.2) is 30.8 Å². The third kappa shape index (κ3) is 4.49. The summed E-state index contributed by atoms with van der Waals surface area (Å²) in [5.41, 5.74) is 5.12. The molecule has 33 heavy (non-hydrogen) atoms. The quantitative estimate of drug-likeness (QED) is 0.321. The number of rotatable bonds is 7. The molecule has 0 radical (unpaired) electrons. The Morgan fingerprint density at radius 1 is 1.03 bits per heavy atom. The molecule has 0 unspecified atom stereocenters. The molecule has 4 heterocycles. The standard InChI is InChI=1S/C24H20FN7S/c1-33-31-20-12-17(13-26-14-20)23-29-24(28-15-19-4-2-3-10-27-19)22-21(9-11-32(22)30-23)16-5-7-18(25)8-6-16/h2-14,31H,15H2,1H3,(H,28,29,30). The van der Waals surface area contributed by atoms with Crippen molar-refractivity contribution < 1.29 is 4.39 Å². The largest absolute Gasteiger partial charge is 0.363 e. The van der Waals surface area contributed by atoms with Gasteiger partial charge in [0.1, 0.15) is 11.3 Å². The molecule has 0 atom stereocenters. The highest BCUT2D eigenvalue weighted by Crippen LogP contribution is 2.31. The molecule has 0 saturated heterocycles. The van der Waals surface area contributed by atoms with Crippen molar-refractivity contribution in [3.05, 3.63) is 90.9 Å². The monoisotopic (exact) mass is 457 g/mol. The van der Waals surface area contributed by atoms with E-state index in [0.29, 0.717) is 18.2 Å². The summed E-state index contributed by atoms with van der Waals surface area (Å²) < 4.78 is 18.5. The Balaban J connectivity index is 1.62. The zero-order valence-electron chi connectivity index (χ0n) is 17.7. The summed E-state index contributed by atoms with van der Waals surface area (Å²) in [6.45, 7) is 0.493. The van der Waals surface area contributed by atoms with E-state index in [9.17, 15) is 4.39 Å². The first-order valence-electron chi connectivity index (χ1n) is 10.2. The third-order valence-electron chi connectivity index (χ3n) is 5.05. The van der Waals surface area contributed by atoms with Crippen LogP contribution >= 0.6 is 11.9 Å². The predicted octanol–water partition coefficient (Wildman–Crippen LogP) is 5.29. The molecule has 2 N–H and O–H groups in total. The van der Waals surface area contributed by atoms with Crippen molar-refractivity contribution in [2.24, 2.45) is 0 Å². The van der Waals surface area contributed by atoms with E-state index in [1.165, 1.54) is 24.1 Å². The Labute approximate surface area is 194 Å². The molecule has 0 aliphatic carbocycles. The van der Waals surface area contributed by atoms with E-state index in [1.807, 2.05) is 42.8 Å². The molecule has 4 aromatic heterocycles. The smallest absolute Gasteiger partial charge is 0.183 e. The summed E-state index contributed by atoms with van der Waals surface area (Å²) in [7, 11) is 0. The molecule has 164 valence electrons. The van der Waals surface area contributed by atoms with Crippen LogP contribution in [0.2, 0.25) is 0 Å². The van der Waals surface area contributed by atoms with Gasteiger partial charge in [-0.1, -0.05) is 30.1 Å². The minimum absolute atomic E-state index is 0.277. The molecule has 1 aromatic carbocycles. The van der Waals surface area contributed by atoms with Gasteiger partial charge in [0.25, 0.3) is 0 Å². The fourth-order valence-corrected chi connectivity index (χ4v) is 3.89. The van der Waals surface area contributed by atoms with E-state index in [1.54, 1.807) is 35.2 Å². The van der Waals surface area contributed by atoms with Gasteiger partial charge in [-0.25, -0.2) is 13.9 Å². The molecule has 0 aliphatic rings. The summed E-state index contributed by atoms with van der Waals surface area (Å²) >= 11 is 1.49. The number of benzene rings is 1. The molecule has 0 fully saturated rings. The lowest BCUT2D eigenvalue weighted by atomic mass is 10.1. The molecule has 0 spiro atoms. The second-order valence-electron chi connectivity index (χ2n) is 7.26. The van der Waals surface area contributed by atoms with Crippen molar-refractivity contribution in [3.8, 4) is 22.5 Å². The van der Waals surface area contributed by atoms with Gasteiger partial charge < -0.3 is 10.0 Å². The van der Waals surface area contributed by atoms with Crippen molar-refractivity contribution in [2.45, 2.75) is 6.54 Å². The SMILES string of the molecule is CSNc1cncc(-c2nc(NCc3ccccn3)c3c(-c4ccc(F)cc4)ccn3n2)c1. The van der Waals surface area contributed by atoms with E-state index in [4.69, 9.17) is 10.1 Å². The molecular formula is C24H20FN7S. The number of anilines is 2. The summed E-state index contributed by atoms with van der Waals surface area (Å²) in [5.74, 6) is 0.906. The van der Waals surface area contributed by atoms with Crippen molar-refractivity contribution in [1.82, 2.24) is 24.6 Å². The second kappa shape index (κ2) is 9.25. The minimum Gasteiger partial charge on any atom is -0.363 e. The van der Waals surface area contributed by atoms with Gasteiger partial charge in [-0.2, -0.15) is 0 Å². The average molecular weight is 458 g/mol. The second-order valence-corrected chi connectivity index (χ2v) is 7.87. The van der Waals surface area contributed by atoms with E-state index in [2.05, 4.69) is 20.0 Å². The van der Waals surface area contributed by atoms with Gasteiger partial charge in [-0.3, -0.25) is 9.97 Å². The topological polar surface area (TPSA) is 80.0 Å². The van der Waals surface area contributed by atoms with Crippen LogP contribution in [0.15, 0.2) is 79.4 Å². The highest BCUT2D eigenvalue weighted by atomic mass is 32.2. The maximum atomic E-state index is 13.5. The van der Waals surface area contributed by atoms with Crippen molar-refractivity contribution >= 4 is 29.0 Å². The van der Waals surface area contributed by atoms with E-state index < -0.39 is 0 Å². The lowest BCUT2D eigenvalue weighted by Gasteiger charge is -2.12. The number of hydrogen-bond donors (Lipinski definition) is 2. The Bertz CT molecular complexity index is 1390. The average Bonchev–Trinajstić information content (AvgIpc) is 3.28.